The van der Waals surface area contributed by atoms with Gasteiger partial charge in [0.05, 0.1) is 26.0 Å². The van der Waals surface area contributed by atoms with E-state index < -0.39 is 69.7 Å². The normalized spacial score (nSPS) is 35.6. The molecule has 1 aromatic heterocycles. The van der Waals surface area contributed by atoms with E-state index in [1.165, 1.54) is 13.8 Å². The number of rotatable bonds is 9. The Labute approximate surface area is 314 Å². The van der Waals surface area contributed by atoms with Gasteiger partial charge in [0.25, 0.3) is 0 Å². The lowest BCUT2D eigenvalue weighted by atomic mass is 9.39. The number of oxime groups is 1. The highest BCUT2D eigenvalue weighted by molar-refractivity contribution is 6.01. The fourth-order valence-corrected chi connectivity index (χ4v) is 10.0. The van der Waals surface area contributed by atoms with Crippen molar-refractivity contribution in [2.45, 2.75) is 115 Å². The fourth-order valence-electron chi connectivity index (χ4n) is 10.0. The maximum Gasteiger partial charge on any atom is 0.303 e. The van der Waals surface area contributed by atoms with Crippen molar-refractivity contribution in [1.29, 1.82) is 0 Å². The Morgan fingerprint density at radius 2 is 1.59 bits per heavy atom. The number of aromatic nitrogens is 1. The molecule has 2 aliphatic carbocycles. The molecule has 13 nitrogen and oxygen atoms in total. The van der Waals surface area contributed by atoms with Crippen LogP contribution in [0.4, 0.5) is 0 Å². The summed E-state index contributed by atoms with van der Waals surface area (Å²) in [5, 5.41) is 34.2. The number of ketones is 1. The zero-order valence-corrected chi connectivity index (χ0v) is 32.1. The highest BCUT2D eigenvalue weighted by atomic mass is 16.7. The molecule has 1 unspecified atom stereocenters. The minimum absolute atomic E-state index is 0.0156. The van der Waals surface area contributed by atoms with Crippen molar-refractivity contribution in [3.63, 3.8) is 0 Å². The van der Waals surface area contributed by atoms with E-state index >= 15 is 0 Å². The maximum atomic E-state index is 15.0. The van der Waals surface area contributed by atoms with Crippen LogP contribution >= 0.6 is 0 Å². The topological polar surface area (TPSA) is 168 Å². The molecule has 2 aliphatic heterocycles. The molecule has 0 radical (unpaired) electrons. The summed E-state index contributed by atoms with van der Waals surface area (Å²) in [4.78, 5) is 33.7. The van der Waals surface area contributed by atoms with E-state index in [1.54, 1.807) is 34.1 Å². The van der Waals surface area contributed by atoms with Gasteiger partial charge in [0.1, 0.15) is 47.2 Å². The lowest BCUT2D eigenvalue weighted by molar-refractivity contribution is -0.384. The van der Waals surface area contributed by atoms with Gasteiger partial charge in [-0.05, 0) is 86.2 Å². The van der Waals surface area contributed by atoms with Crippen LogP contribution in [0.1, 0.15) is 78.5 Å². The third-order valence-electron chi connectivity index (χ3n) is 12.7. The summed E-state index contributed by atoms with van der Waals surface area (Å²) in [5.74, 6) is -0.00701. The van der Waals surface area contributed by atoms with Crippen LogP contribution in [0.5, 0.6) is 11.5 Å². The molecule has 7 rings (SSSR count). The summed E-state index contributed by atoms with van der Waals surface area (Å²) in [6.07, 6.45) is -3.12. The largest absolute Gasteiger partial charge is 0.497 e. The molecule has 3 heterocycles. The van der Waals surface area contributed by atoms with Gasteiger partial charge in [-0.25, -0.2) is 0 Å². The van der Waals surface area contributed by atoms with Crippen molar-refractivity contribution in [2.24, 2.45) is 21.9 Å². The van der Waals surface area contributed by atoms with Gasteiger partial charge in [-0.2, -0.15) is 0 Å². The zero-order valence-electron chi connectivity index (χ0n) is 32.1. The van der Waals surface area contributed by atoms with Crippen LogP contribution in [0, 0.1) is 16.7 Å². The molecule has 54 heavy (non-hydrogen) atoms. The molecule has 4 aliphatic rings. The van der Waals surface area contributed by atoms with Crippen molar-refractivity contribution in [3.8, 4) is 22.8 Å². The maximum absolute atomic E-state index is 15.0. The monoisotopic (exact) mass is 746 g/mol. The van der Waals surface area contributed by atoms with Crippen molar-refractivity contribution in [2.75, 3.05) is 14.2 Å². The van der Waals surface area contributed by atoms with E-state index in [0.717, 1.165) is 11.1 Å². The molecule has 0 bridgehead atoms. The number of aliphatic hydroxyl groups is 2. The Bertz CT molecular complexity index is 1920. The van der Waals surface area contributed by atoms with E-state index in [4.69, 9.17) is 33.0 Å². The second kappa shape index (κ2) is 13.5. The summed E-state index contributed by atoms with van der Waals surface area (Å²) in [7, 11) is 3.19. The Morgan fingerprint density at radius 3 is 2.20 bits per heavy atom. The molecule has 1 saturated heterocycles. The zero-order chi connectivity index (χ0) is 38.8. The molecule has 13 heteroatoms. The second-order valence-corrected chi connectivity index (χ2v) is 16.4. The molecule has 2 aromatic carbocycles. The van der Waals surface area contributed by atoms with Crippen LogP contribution in [-0.4, -0.2) is 88.3 Å². The summed E-state index contributed by atoms with van der Waals surface area (Å²) < 4.78 is 35.8. The highest BCUT2D eigenvalue weighted by Crippen LogP contribution is 2.68. The van der Waals surface area contributed by atoms with E-state index in [0.29, 0.717) is 47.9 Å². The van der Waals surface area contributed by atoms with Crippen LogP contribution in [0.2, 0.25) is 0 Å². The van der Waals surface area contributed by atoms with Gasteiger partial charge in [-0.15, -0.1) is 0 Å². The first kappa shape index (κ1) is 38.0. The molecule has 3 fully saturated rings. The summed E-state index contributed by atoms with van der Waals surface area (Å²) in [6.45, 7) is 10.3. The predicted octanol–water partition coefficient (Wildman–Crippen LogP) is 5.42. The molecule has 2 saturated carbocycles. The van der Waals surface area contributed by atoms with E-state index in [2.05, 4.69) is 10.3 Å². The molecule has 3 aromatic rings. The van der Waals surface area contributed by atoms with Gasteiger partial charge in [-0.1, -0.05) is 31.1 Å². The molecule has 0 spiro atoms. The molecule has 290 valence electrons. The fraction of sp³-hybridized carbons (Fsp3) is 0.561. The number of carbonyl (C=O) groups excluding carboxylic acids is 2. The number of esters is 1. The first-order valence-electron chi connectivity index (χ1n) is 18.4. The summed E-state index contributed by atoms with van der Waals surface area (Å²) in [5.41, 5.74) is -4.73. The number of ether oxygens (including phenoxy) is 5. The standard InChI is InChI=1S/C41H50N2O11/c1-23(44)51-34-35-37(2,3)18-17-32(50-22-28-19-29(42-52-28)24-9-13-26(48-7)14-10-24)39(35,5)41(47)31(45)21-38(4,54-40(41,6)36(34)46)33-20-30(43-53-33)25-11-15-27(49-8)16-12-25/h9-16,19,32-36,46-47H,17-18,20-22H2,1-8H3/t32-,33?,34-,35-,36-,38+,39-,40+,41-/m0/s1. The van der Waals surface area contributed by atoms with Gasteiger partial charge in [0.15, 0.2) is 23.2 Å². The number of carbonyl (C=O) groups is 2. The number of hydrogen-bond donors (Lipinski definition) is 2. The number of aliphatic hydroxyl groups excluding tert-OH is 1. The van der Waals surface area contributed by atoms with Crippen LogP contribution in [0.3, 0.4) is 0 Å². The summed E-state index contributed by atoms with van der Waals surface area (Å²) >= 11 is 0. The van der Waals surface area contributed by atoms with Crippen molar-refractivity contribution in [3.05, 3.63) is 65.9 Å². The van der Waals surface area contributed by atoms with E-state index in [9.17, 15) is 19.8 Å². The highest BCUT2D eigenvalue weighted by Gasteiger charge is 2.82. The first-order valence-corrected chi connectivity index (χ1v) is 18.4. The van der Waals surface area contributed by atoms with Gasteiger partial charge in [-0.3, -0.25) is 9.59 Å². The molecular weight excluding hydrogens is 696 g/mol. The van der Waals surface area contributed by atoms with Gasteiger partial charge >= 0.3 is 5.97 Å². The number of methoxy groups -OCH3 is 2. The second-order valence-electron chi connectivity index (χ2n) is 16.4. The van der Waals surface area contributed by atoms with Crippen molar-refractivity contribution >= 4 is 17.5 Å². The quantitative estimate of drug-likeness (QED) is 0.267. The molecule has 2 N–H and O–H groups in total. The third kappa shape index (κ3) is 5.82. The molecule has 9 atom stereocenters. The number of Topliss-reactive ketones (excluding diaryl/α,β-unsaturated/α-hetero) is 1. The van der Waals surface area contributed by atoms with E-state index in [1.807, 2.05) is 62.4 Å². The Hall–Kier alpha value is -4.30. The number of nitrogens with zero attached hydrogens (tertiary/aromatic N) is 2. The minimum Gasteiger partial charge on any atom is -0.497 e. The number of hydrogen-bond acceptors (Lipinski definition) is 13. The Balaban J connectivity index is 1.22. The van der Waals surface area contributed by atoms with E-state index in [-0.39, 0.29) is 13.0 Å². The van der Waals surface area contributed by atoms with Crippen LogP contribution in [0.25, 0.3) is 11.3 Å². The Kier molecular flexibility index (Phi) is 9.48. The van der Waals surface area contributed by atoms with Crippen LogP contribution < -0.4 is 9.47 Å². The predicted molar refractivity (Wildman–Crippen MR) is 195 cm³/mol. The molecule has 0 amide bonds. The number of fused-ring (bicyclic) bond motifs is 3. The van der Waals surface area contributed by atoms with Crippen LogP contribution in [0.15, 0.2) is 64.3 Å². The van der Waals surface area contributed by atoms with Crippen molar-refractivity contribution < 1.29 is 52.8 Å². The van der Waals surface area contributed by atoms with Gasteiger partial charge in [0, 0.05) is 42.7 Å². The smallest absolute Gasteiger partial charge is 0.303 e. The van der Waals surface area contributed by atoms with Gasteiger partial charge in [0.2, 0.25) is 0 Å². The lowest BCUT2D eigenvalue weighted by Gasteiger charge is -2.71. The SMILES string of the molecule is COc1ccc(C2=NOC([C@@]3(C)CC(=O)[C@]4(O)[C@@]5(C)[C@@H](OCc6cc(-c7ccc(OC)cc7)no6)CCC(C)(C)[C@@H]5[C@H](OC(C)=O)[C@H](O)[C@@]4(C)O3)C2)cc1. The third-order valence-corrected chi connectivity index (χ3v) is 12.7. The van der Waals surface area contributed by atoms with Crippen LogP contribution in [-0.2, 0) is 35.2 Å². The Morgan fingerprint density at radius 1 is 0.963 bits per heavy atom. The molecular formula is C41H50N2O11. The average Bonchev–Trinajstić information content (AvgIpc) is 3.83. The van der Waals surface area contributed by atoms with Crippen molar-refractivity contribution in [1.82, 2.24) is 5.16 Å². The minimum atomic E-state index is -2.30. The summed E-state index contributed by atoms with van der Waals surface area (Å²) in [6, 6.07) is 16.6. The average molecular weight is 747 g/mol. The lowest BCUT2D eigenvalue weighted by Crippen LogP contribution is -2.87. The number of benzene rings is 2. The van der Waals surface area contributed by atoms with Gasteiger partial charge < -0.3 is 43.3 Å². The first-order chi connectivity index (χ1) is 25.5.